The van der Waals surface area contributed by atoms with E-state index >= 15 is 0 Å². The van der Waals surface area contributed by atoms with Gasteiger partial charge in [-0.2, -0.15) is 4.52 Å². The molecule has 1 aliphatic heterocycles. The minimum Gasteiger partial charge on any atom is -0.348 e. The second-order valence-electron chi connectivity index (χ2n) is 6.50. The van der Waals surface area contributed by atoms with Crippen molar-refractivity contribution >= 4 is 27.3 Å². The molecule has 4 rings (SSSR count). The fraction of sp³-hybridized carbons (Fsp3) is 0.389. The highest BCUT2D eigenvalue weighted by Gasteiger charge is 2.19. The summed E-state index contributed by atoms with van der Waals surface area (Å²) in [5, 5.41) is 7.95. The molecule has 0 unspecified atom stereocenters. The number of carbonyl (C=O) groups is 1. The molecule has 0 radical (unpaired) electrons. The highest BCUT2D eigenvalue weighted by Crippen LogP contribution is 2.24. The molecule has 4 heterocycles. The normalized spacial score (nSPS) is 14.9. The van der Waals surface area contributed by atoms with Crippen molar-refractivity contribution in [1.82, 2.24) is 24.9 Å². The SMILES string of the molecule is O=C(NCc1cccnc1)c1cnc2sc(N3CCCCCC3)nn2c1=O. The van der Waals surface area contributed by atoms with Gasteiger partial charge in [-0.3, -0.25) is 14.6 Å². The number of aromatic nitrogens is 4. The number of nitrogens with zero attached hydrogens (tertiary/aromatic N) is 5. The fourth-order valence-corrected chi connectivity index (χ4v) is 4.01. The number of hydrogen-bond acceptors (Lipinski definition) is 7. The number of hydrogen-bond donors (Lipinski definition) is 1. The van der Waals surface area contributed by atoms with Crippen LogP contribution in [0.25, 0.3) is 4.96 Å². The van der Waals surface area contributed by atoms with E-state index in [-0.39, 0.29) is 5.56 Å². The van der Waals surface area contributed by atoms with Gasteiger partial charge in [-0.25, -0.2) is 4.98 Å². The van der Waals surface area contributed by atoms with Gasteiger partial charge in [-0.15, -0.1) is 5.10 Å². The molecule has 1 fully saturated rings. The third-order valence-electron chi connectivity index (χ3n) is 4.57. The van der Waals surface area contributed by atoms with Crippen LogP contribution in [0.3, 0.4) is 0 Å². The van der Waals surface area contributed by atoms with Crippen LogP contribution in [0.2, 0.25) is 0 Å². The maximum Gasteiger partial charge on any atom is 0.288 e. The van der Waals surface area contributed by atoms with Gasteiger partial charge in [0, 0.05) is 38.2 Å². The molecule has 0 atom stereocenters. The minimum atomic E-state index is -0.463. The molecule has 3 aromatic heterocycles. The zero-order valence-corrected chi connectivity index (χ0v) is 15.6. The van der Waals surface area contributed by atoms with Crippen LogP contribution < -0.4 is 15.8 Å². The topological polar surface area (TPSA) is 92.5 Å². The van der Waals surface area contributed by atoms with Crippen molar-refractivity contribution in [3.05, 3.63) is 52.2 Å². The molecule has 140 valence electrons. The van der Waals surface area contributed by atoms with Gasteiger partial charge in [0.25, 0.3) is 11.5 Å². The Labute approximate surface area is 159 Å². The van der Waals surface area contributed by atoms with Crippen LogP contribution >= 0.6 is 11.3 Å². The summed E-state index contributed by atoms with van der Waals surface area (Å²) in [5.41, 5.74) is 0.405. The van der Waals surface area contributed by atoms with Crippen LogP contribution in [0.1, 0.15) is 41.6 Å². The maximum absolute atomic E-state index is 12.7. The maximum atomic E-state index is 12.7. The zero-order chi connectivity index (χ0) is 18.6. The smallest absolute Gasteiger partial charge is 0.288 e. The molecule has 0 spiro atoms. The molecule has 1 N–H and O–H groups in total. The average molecular weight is 384 g/mol. The fourth-order valence-electron chi connectivity index (χ4n) is 3.10. The van der Waals surface area contributed by atoms with Gasteiger partial charge < -0.3 is 10.2 Å². The number of rotatable bonds is 4. The molecule has 0 saturated carbocycles. The van der Waals surface area contributed by atoms with Gasteiger partial charge in [-0.05, 0) is 24.5 Å². The first-order valence-electron chi connectivity index (χ1n) is 9.03. The van der Waals surface area contributed by atoms with Crippen molar-refractivity contribution in [1.29, 1.82) is 0 Å². The van der Waals surface area contributed by atoms with Gasteiger partial charge >= 0.3 is 0 Å². The molecule has 0 aromatic carbocycles. The molecule has 0 aliphatic carbocycles. The highest BCUT2D eigenvalue weighted by atomic mass is 32.1. The third-order valence-corrected chi connectivity index (χ3v) is 5.56. The van der Waals surface area contributed by atoms with E-state index in [0.717, 1.165) is 36.6 Å². The Morgan fingerprint density at radius 3 is 2.74 bits per heavy atom. The predicted octanol–water partition coefficient (Wildman–Crippen LogP) is 1.86. The molecular weight excluding hydrogens is 364 g/mol. The average Bonchev–Trinajstić information content (AvgIpc) is 2.95. The summed E-state index contributed by atoms with van der Waals surface area (Å²) >= 11 is 1.38. The van der Waals surface area contributed by atoms with E-state index in [0.29, 0.717) is 11.5 Å². The Morgan fingerprint density at radius 2 is 2.00 bits per heavy atom. The molecule has 0 bridgehead atoms. The van der Waals surface area contributed by atoms with E-state index < -0.39 is 11.5 Å². The van der Waals surface area contributed by atoms with Crippen LogP contribution in [0.4, 0.5) is 5.13 Å². The van der Waals surface area contributed by atoms with E-state index in [1.807, 2.05) is 6.07 Å². The highest BCUT2D eigenvalue weighted by molar-refractivity contribution is 7.20. The van der Waals surface area contributed by atoms with Crippen molar-refractivity contribution in [3.8, 4) is 0 Å². The quantitative estimate of drug-likeness (QED) is 0.738. The molecule has 1 aliphatic rings. The molecule has 27 heavy (non-hydrogen) atoms. The number of anilines is 1. The summed E-state index contributed by atoms with van der Waals surface area (Å²) < 4.78 is 1.24. The second kappa shape index (κ2) is 7.83. The monoisotopic (exact) mass is 384 g/mol. The minimum absolute atomic E-state index is 0.0101. The van der Waals surface area contributed by atoms with E-state index in [1.54, 1.807) is 18.5 Å². The summed E-state index contributed by atoms with van der Waals surface area (Å²) in [4.78, 5) is 36.1. The summed E-state index contributed by atoms with van der Waals surface area (Å²) in [6.07, 6.45) is 9.37. The van der Waals surface area contributed by atoms with Crippen molar-refractivity contribution in [3.63, 3.8) is 0 Å². The second-order valence-corrected chi connectivity index (χ2v) is 7.44. The van der Waals surface area contributed by atoms with E-state index in [1.165, 1.54) is 34.9 Å². The number of amides is 1. The first-order chi connectivity index (χ1) is 13.2. The Kier molecular flexibility index (Phi) is 5.10. The summed E-state index contributed by atoms with van der Waals surface area (Å²) in [6.45, 7) is 2.17. The summed E-state index contributed by atoms with van der Waals surface area (Å²) in [6, 6.07) is 3.65. The lowest BCUT2D eigenvalue weighted by molar-refractivity contribution is 0.0948. The summed E-state index contributed by atoms with van der Waals surface area (Å²) in [7, 11) is 0. The molecule has 9 heteroatoms. The van der Waals surface area contributed by atoms with Crippen LogP contribution in [-0.2, 0) is 6.54 Å². The van der Waals surface area contributed by atoms with Crippen molar-refractivity contribution in [2.75, 3.05) is 18.0 Å². The standard InChI is InChI=1S/C18H20N6O2S/c25-15(20-11-13-6-5-7-19-10-13)14-12-21-17-24(16(14)26)22-18(27-17)23-8-3-1-2-4-9-23/h5-7,10,12H,1-4,8-9,11H2,(H,20,25). The van der Waals surface area contributed by atoms with E-state index in [2.05, 4.69) is 25.3 Å². The first-order valence-corrected chi connectivity index (χ1v) is 9.85. The van der Waals surface area contributed by atoms with Crippen LogP contribution in [-0.4, -0.2) is 38.6 Å². The summed E-state index contributed by atoms with van der Waals surface area (Å²) in [5.74, 6) is -0.463. The Bertz CT molecular complexity index is 992. The van der Waals surface area contributed by atoms with E-state index in [9.17, 15) is 9.59 Å². The number of nitrogens with one attached hydrogen (secondary N) is 1. The van der Waals surface area contributed by atoms with Crippen LogP contribution in [0.15, 0.2) is 35.5 Å². The largest absolute Gasteiger partial charge is 0.348 e. The van der Waals surface area contributed by atoms with Gasteiger partial charge in [0.2, 0.25) is 10.1 Å². The first kappa shape index (κ1) is 17.6. The van der Waals surface area contributed by atoms with Gasteiger partial charge in [0.15, 0.2) is 0 Å². The van der Waals surface area contributed by atoms with Crippen molar-refractivity contribution in [2.45, 2.75) is 32.2 Å². The van der Waals surface area contributed by atoms with Crippen molar-refractivity contribution < 1.29 is 4.79 Å². The van der Waals surface area contributed by atoms with Crippen LogP contribution in [0, 0.1) is 0 Å². The number of pyridine rings is 1. The third kappa shape index (κ3) is 3.82. The molecular formula is C18H20N6O2S. The Morgan fingerprint density at radius 1 is 1.19 bits per heavy atom. The zero-order valence-electron chi connectivity index (χ0n) is 14.8. The predicted molar refractivity (Wildman–Crippen MR) is 103 cm³/mol. The molecule has 1 saturated heterocycles. The number of fused-ring (bicyclic) bond motifs is 1. The molecule has 8 nitrogen and oxygen atoms in total. The lowest BCUT2D eigenvalue weighted by Gasteiger charge is -2.17. The van der Waals surface area contributed by atoms with E-state index in [4.69, 9.17) is 0 Å². The van der Waals surface area contributed by atoms with Crippen LogP contribution in [0.5, 0.6) is 0 Å². The van der Waals surface area contributed by atoms with Crippen molar-refractivity contribution in [2.24, 2.45) is 0 Å². The van der Waals surface area contributed by atoms with Gasteiger partial charge in [-0.1, -0.05) is 30.2 Å². The molecule has 1 amide bonds. The van der Waals surface area contributed by atoms with Gasteiger partial charge in [0.1, 0.15) is 5.56 Å². The molecule has 3 aromatic rings. The lowest BCUT2D eigenvalue weighted by Crippen LogP contribution is -2.31. The Hall–Kier alpha value is -2.81. The van der Waals surface area contributed by atoms with Gasteiger partial charge in [0.05, 0.1) is 0 Å². The number of carbonyl (C=O) groups excluding carboxylic acids is 1. The Balaban J connectivity index is 1.56. The lowest BCUT2D eigenvalue weighted by atomic mass is 10.2.